The van der Waals surface area contributed by atoms with Gasteiger partial charge < -0.3 is 14.8 Å². The number of anilines is 1. The molecule has 0 aliphatic carbocycles. The zero-order valence-corrected chi connectivity index (χ0v) is 16.6. The number of nitrogens with one attached hydrogen (secondary N) is 1. The Labute approximate surface area is 173 Å². The van der Waals surface area contributed by atoms with Gasteiger partial charge in [-0.25, -0.2) is 0 Å². The average molecular weight is 400 g/mol. The van der Waals surface area contributed by atoms with E-state index in [2.05, 4.69) is 10.4 Å². The van der Waals surface area contributed by atoms with Gasteiger partial charge in [-0.3, -0.25) is 4.79 Å². The highest BCUT2D eigenvalue weighted by molar-refractivity contribution is 5.99. The third kappa shape index (κ3) is 2.95. The van der Waals surface area contributed by atoms with E-state index in [-0.39, 0.29) is 11.8 Å². The van der Waals surface area contributed by atoms with Crippen molar-refractivity contribution in [3.05, 3.63) is 71.8 Å². The normalized spacial score (nSPS) is 15.5. The van der Waals surface area contributed by atoms with E-state index in [0.717, 1.165) is 33.5 Å². The molecule has 1 atom stereocenters. The lowest BCUT2D eigenvalue weighted by Gasteiger charge is -2.26. The fourth-order valence-corrected chi connectivity index (χ4v) is 3.98. The molecular formula is C23H20N4O3. The van der Waals surface area contributed by atoms with Crippen molar-refractivity contribution < 1.29 is 14.3 Å². The number of methoxy groups -OCH3 is 2. The molecule has 30 heavy (non-hydrogen) atoms. The van der Waals surface area contributed by atoms with E-state index >= 15 is 0 Å². The lowest BCUT2D eigenvalue weighted by molar-refractivity contribution is -0.116. The first-order valence-electron chi connectivity index (χ1n) is 9.65. The standard InChI is InChI=1S/C23H20N4O3/c1-29-19-11-8-14(12-20(19)30-2)16-13-21(28)24-17-9-10-18-23(22(16)17)26-27(25-18)15-6-4-3-5-7-15/h3-12,16H,13H2,1-2H3,(H,24,28)/t16-/m0/s1. The molecule has 0 unspecified atom stereocenters. The Morgan fingerprint density at radius 3 is 2.53 bits per heavy atom. The summed E-state index contributed by atoms with van der Waals surface area (Å²) in [7, 11) is 3.21. The van der Waals surface area contributed by atoms with Crippen LogP contribution in [0.3, 0.4) is 0 Å². The van der Waals surface area contributed by atoms with Crippen molar-refractivity contribution in [1.82, 2.24) is 15.0 Å². The molecule has 4 aromatic rings. The quantitative estimate of drug-likeness (QED) is 0.562. The first-order chi connectivity index (χ1) is 14.7. The van der Waals surface area contributed by atoms with Crippen LogP contribution in [0.15, 0.2) is 60.7 Å². The summed E-state index contributed by atoms with van der Waals surface area (Å²) >= 11 is 0. The molecule has 0 saturated heterocycles. The molecule has 0 radical (unpaired) electrons. The SMILES string of the molecule is COc1ccc([C@@H]2CC(=O)Nc3ccc4nn(-c5ccccc5)nc4c32)cc1OC. The summed E-state index contributed by atoms with van der Waals surface area (Å²) in [6.07, 6.45) is 0.319. The van der Waals surface area contributed by atoms with Crippen LogP contribution in [0.5, 0.6) is 11.5 Å². The molecular weight excluding hydrogens is 380 g/mol. The van der Waals surface area contributed by atoms with E-state index in [1.54, 1.807) is 19.0 Å². The zero-order chi connectivity index (χ0) is 20.7. The van der Waals surface area contributed by atoms with Crippen molar-refractivity contribution >= 4 is 22.6 Å². The third-order valence-corrected chi connectivity index (χ3v) is 5.40. The van der Waals surface area contributed by atoms with E-state index in [4.69, 9.17) is 14.6 Å². The minimum absolute atomic E-state index is 0.0305. The van der Waals surface area contributed by atoms with Gasteiger partial charge in [0.1, 0.15) is 11.0 Å². The molecule has 3 aromatic carbocycles. The second-order valence-electron chi connectivity index (χ2n) is 7.14. The number of carbonyl (C=O) groups is 1. The Bertz CT molecular complexity index is 1250. The smallest absolute Gasteiger partial charge is 0.225 e. The number of aromatic nitrogens is 3. The Kier molecular flexibility index (Phi) is 4.35. The van der Waals surface area contributed by atoms with Crippen LogP contribution >= 0.6 is 0 Å². The molecule has 0 bridgehead atoms. The number of para-hydroxylation sites is 1. The highest BCUT2D eigenvalue weighted by Gasteiger charge is 2.30. The summed E-state index contributed by atoms with van der Waals surface area (Å²) in [6.45, 7) is 0. The summed E-state index contributed by atoms with van der Waals surface area (Å²) in [4.78, 5) is 14.1. The van der Waals surface area contributed by atoms with Gasteiger partial charge in [-0.15, -0.1) is 10.2 Å². The Morgan fingerprint density at radius 1 is 0.967 bits per heavy atom. The number of hydrogen-bond acceptors (Lipinski definition) is 5. The Balaban J connectivity index is 1.69. The summed E-state index contributed by atoms with van der Waals surface area (Å²) < 4.78 is 10.8. The van der Waals surface area contributed by atoms with Gasteiger partial charge in [-0.1, -0.05) is 24.3 Å². The van der Waals surface area contributed by atoms with E-state index in [1.807, 2.05) is 60.7 Å². The van der Waals surface area contributed by atoms with Gasteiger partial charge in [0.05, 0.1) is 19.9 Å². The minimum atomic E-state index is -0.168. The van der Waals surface area contributed by atoms with Gasteiger partial charge in [-0.05, 0) is 42.0 Å². The number of ether oxygens (including phenoxy) is 2. The van der Waals surface area contributed by atoms with Crippen LogP contribution in [0, 0.1) is 0 Å². The summed E-state index contributed by atoms with van der Waals surface area (Å²) in [5, 5.41) is 12.4. The molecule has 0 fully saturated rings. The number of hydrogen-bond donors (Lipinski definition) is 1. The van der Waals surface area contributed by atoms with Gasteiger partial charge >= 0.3 is 0 Å². The van der Waals surface area contributed by atoms with Crippen LogP contribution < -0.4 is 14.8 Å². The fourth-order valence-electron chi connectivity index (χ4n) is 3.98. The molecule has 1 aliphatic rings. The number of rotatable bonds is 4. The molecule has 5 rings (SSSR count). The van der Waals surface area contributed by atoms with E-state index in [9.17, 15) is 4.79 Å². The van der Waals surface area contributed by atoms with E-state index < -0.39 is 0 Å². The van der Waals surface area contributed by atoms with Crippen molar-refractivity contribution in [3.63, 3.8) is 0 Å². The molecule has 1 aliphatic heterocycles. The van der Waals surface area contributed by atoms with Gasteiger partial charge in [0, 0.05) is 23.6 Å². The van der Waals surface area contributed by atoms with Gasteiger partial charge in [0.25, 0.3) is 0 Å². The molecule has 7 nitrogen and oxygen atoms in total. The monoisotopic (exact) mass is 400 g/mol. The number of amides is 1. The molecule has 0 saturated carbocycles. The zero-order valence-electron chi connectivity index (χ0n) is 16.6. The summed E-state index contributed by atoms with van der Waals surface area (Å²) in [5.74, 6) is 1.08. The van der Waals surface area contributed by atoms with Crippen LogP contribution in [-0.4, -0.2) is 35.1 Å². The molecule has 0 spiro atoms. The van der Waals surface area contributed by atoms with Crippen molar-refractivity contribution in [1.29, 1.82) is 0 Å². The maximum Gasteiger partial charge on any atom is 0.225 e. The van der Waals surface area contributed by atoms with Crippen LogP contribution in [-0.2, 0) is 4.79 Å². The summed E-state index contributed by atoms with van der Waals surface area (Å²) in [5.41, 5.74) is 5.12. The van der Waals surface area contributed by atoms with Gasteiger partial charge in [0.15, 0.2) is 11.5 Å². The molecule has 7 heteroatoms. The molecule has 1 amide bonds. The lowest BCUT2D eigenvalue weighted by Crippen LogP contribution is -2.23. The van der Waals surface area contributed by atoms with E-state index in [1.165, 1.54) is 0 Å². The first kappa shape index (κ1) is 18.2. The molecule has 150 valence electrons. The molecule has 1 N–H and O–H groups in total. The number of nitrogens with zero attached hydrogens (tertiary/aromatic N) is 3. The fraction of sp³-hybridized carbons (Fsp3) is 0.174. The van der Waals surface area contributed by atoms with Crippen molar-refractivity contribution in [2.75, 3.05) is 19.5 Å². The number of benzene rings is 3. The Hall–Kier alpha value is -3.87. The van der Waals surface area contributed by atoms with Crippen molar-refractivity contribution in [3.8, 4) is 17.2 Å². The largest absolute Gasteiger partial charge is 0.493 e. The molecule has 1 aromatic heterocycles. The van der Waals surface area contributed by atoms with Crippen molar-refractivity contribution in [2.45, 2.75) is 12.3 Å². The van der Waals surface area contributed by atoms with Crippen LogP contribution in [0.2, 0.25) is 0 Å². The second kappa shape index (κ2) is 7.18. The number of carbonyl (C=O) groups excluding carboxylic acids is 1. The minimum Gasteiger partial charge on any atom is -0.493 e. The highest BCUT2D eigenvalue weighted by atomic mass is 16.5. The number of fused-ring (bicyclic) bond motifs is 3. The third-order valence-electron chi connectivity index (χ3n) is 5.40. The highest BCUT2D eigenvalue weighted by Crippen LogP contribution is 2.42. The van der Waals surface area contributed by atoms with Gasteiger partial charge in [-0.2, -0.15) is 4.80 Å². The van der Waals surface area contributed by atoms with Crippen molar-refractivity contribution in [2.24, 2.45) is 0 Å². The van der Waals surface area contributed by atoms with Crippen LogP contribution in [0.25, 0.3) is 16.7 Å². The maximum atomic E-state index is 12.4. The topological polar surface area (TPSA) is 78.3 Å². The average Bonchev–Trinajstić information content (AvgIpc) is 3.23. The maximum absolute atomic E-state index is 12.4. The predicted molar refractivity (Wildman–Crippen MR) is 114 cm³/mol. The molecule has 2 heterocycles. The summed E-state index contributed by atoms with van der Waals surface area (Å²) in [6, 6.07) is 19.3. The second-order valence-corrected chi connectivity index (χ2v) is 7.14. The Morgan fingerprint density at radius 2 is 1.77 bits per heavy atom. The van der Waals surface area contributed by atoms with Crippen LogP contribution in [0.1, 0.15) is 23.5 Å². The lowest BCUT2D eigenvalue weighted by atomic mass is 9.84. The van der Waals surface area contributed by atoms with Crippen LogP contribution in [0.4, 0.5) is 5.69 Å². The first-order valence-corrected chi connectivity index (χ1v) is 9.65. The predicted octanol–water partition coefficient (Wildman–Crippen LogP) is 3.91. The van der Waals surface area contributed by atoms with E-state index in [0.29, 0.717) is 17.9 Å². The van der Waals surface area contributed by atoms with Gasteiger partial charge in [0.2, 0.25) is 5.91 Å².